The summed E-state index contributed by atoms with van der Waals surface area (Å²) in [6.45, 7) is 5.84. The highest BCUT2D eigenvalue weighted by Crippen LogP contribution is 2.08. The second kappa shape index (κ2) is 4.94. The Morgan fingerprint density at radius 2 is 1.87 bits per heavy atom. The van der Waals surface area contributed by atoms with E-state index in [1.54, 1.807) is 6.92 Å². The Kier molecular flexibility index (Phi) is 3.86. The molecule has 0 aliphatic heterocycles. The fourth-order valence-corrected chi connectivity index (χ4v) is 1.45. The van der Waals surface area contributed by atoms with Crippen LogP contribution in [0.3, 0.4) is 0 Å². The molecule has 0 radical (unpaired) electrons. The van der Waals surface area contributed by atoms with Gasteiger partial charge in [-0.15, -0.1) is 0 Å². The summed E-state index contributed by atoms with van der Waals surface area (Å²) in [6.07, 6.45) is -0.514. The Morgan fingerprint density at radius 3 is 2.33 bits per heavy atom. The van der Waals surface area contributed by atoms with Gasteiger partial charge in [-0.1, -0.05) is 17.2 Å². The lowest BCUT2D eigenvalue weighted by atomic mass is 10.1. The summed E-state index contributed by atoms with van der Waals surface area (Å²) in [5, 5.41) is 11.7. The molecule has 0 spiro atoms. The van der Waals surface area contributed by atoms with Crippen LogP contribution in [0.5, 0.6) is 0 Å². The van der Waals surface area contributed by atoms with Gasteiger partial charge in [0.1, 0.15) is 0 Å². The highest BCUT2D eigenvalue weighted by Gasteiger charge is 2.06. The van der Waals surface area contributed by atoms with Gasteiger partial charge in [0.15, 0.2) is 0 Å². The second-order valence-electron chi connectivity index (χ2n) is 3.94. The molecule has 0 saturated heterocycles. The normalized spacial score (nSPS) is 12.3. The van der Waals surface area contributed by atoms with E-state index in [1.165, 1.54) is 0 Å². The molecule has 0 aliphatic rings. The van der Waals surface area contributed by atoms with Crippen molar-refractivity contribution in [2.24, 2.45) is 0 Å². The minimum absolute atomic E-state index is 0.136. The molecule has 0 aromatic heterocycles. The Morgan fingerprint density at radius 1 is 1.33 bits per heavy atom. The first-order valence-electron chi connectivity index (χ1n) is 5.03. The average molecular weight is 207 g/mol. The molecule has 3 heteroatoms. The van der Waals surface area contributed by atoms with Crippen molar-refractivity contribution in [2.75, 3.05) is 6.54 Å². The number of nitrogens with one attached hydrogen (secondary N) is 1. The standard InChI is InChI=1S/C12H17NO2/c1-8-4-9(2)6-11(5-8)12(15)13-7-10(3)14/h4-6,10,14H,7H2,1-3H3,(H,13,15)/t10-/m1/s1. The van der Waals surface area contributed by atoms with E-state index < -0.39 is 6.10 Å². The largest absolute Gasteiger partial charge is 0.392 e. The van der Waals surface area contributed by atoms with Crippen LogP contribution in [0.25, 0.3) is 0 Å². The lowest BCUT2D eigenvalue weighted by molar-refractivity contribution is 0.0924. The molecule has 0 fully saturated rings. The maximum absolute atomic E-state index is 11.6. The maximum Gasteiger partial charge on any atom is 0.251 e. The van der Waals surface area contributed by atoms with Gasteiger partial charge in [0.25, 0.3) is 5.91 Å². The first-order valence-corrected chi connectivity index (χ1v) is 5.03. The molecule has 3 nitrogen and oxygen atoms in total. The number of amides is 1. The number of rotatable bonds is 3. The molecular formula is C12H17NO2. The summed E-state index contributed by atoms with van der Waals surface area (Å²) in [5.41, 5.74) is 2.78. The molecule has 15 heavy (non-hydrogen) atoms. The van der Waals surface area contributed by atoms with Gasteiger partial charge in [0.05, 0.1) is 6.10 Å². The third kappa shape index (κ3) is 3.72. The van der Waals surface area contributed by atoms with Crippen LogP contribution in [-0.2, 0) is 0 Å². The Hall–Kier alpha value is -1.35. The number of aliphatic hydroxyl groups is 1. The number of hydrogen-bond acceptors (Lipinski definition) is 2. The summed E-state index contributed by atoms with van der Waals surface area (Å²) in [6, 6.07) is 5.69. The average Bonchev–Trinajstić information content (AvgIpc) is 2.12. The molecule has 0 bridgehead atoms. The van der Waals surface area contributed by atoms with Crippen molar-refractivity contribution in [3.8, 4) is 0 Å². The second-order valence-corrected chi connectivity index (χ2v) is 3.94. The van der Waals surface area contributed by atoms with Crippen LogP contribution in [0.2, 0.25) is 0 Å². The van der Waals surface area contributed by atoms with Crippen molar-refractivity contribution >= 4 is 5.91 Å². The van der Waals surface area contributed by atoms with E-state index in [4.69, 9.17) is 5.11 Å². The van der Waals surface area contributed by atoms with Gasteiger partial charge in [-0.05, 0) is 32.9 Å². The van der Waals surface area contributed by atoms with E-state index in [0.717, 1.165) is 11.1 Å². The Balaban J connectivity index is 2.73. The van der Waals surface area contributed by atoms with E-state index in [9.17, 15) is 4.79 Å². The molecule has 1 rings (SSSR count). The zero-order valence-corrected chi connectivity index (χ0v) is 9.37. The summed E-state index contributed by atoms with van der Waals surface area (Å²) in [7, 11) is 0. The maximum atomic E-state index is 11.6. The van der Waals surface area contributed by atoms with Crippen molar-refractivity contribution in [1.29, 1.82) is 0 Å². The minimum atomic E-state index is -0.514. The van der Waals surface area contributed by atoms with Gasteiger partial charge in [-0.2, -0.15) is 0 Å². The van der Waals surface area contributed by atoms with Gasteiger partial charge in [0.2, 0.25) is 0 Å². The monoisotopic (exact) mass is 207 g/mol. The van der Waals surface area contributed by atoms with E-state index >= 15 is 0 Å². The van der Waals surface area contributed by atoms with E-state index in [-0.39, 0.29) is 12.5 Å². The zero-order valence-electron chi connectivity index (χ0n) is 9.37. The predicted octanol–water partition coefficient (Wildman–Crippen LogP) is 1.41. The lowest BCUT2D eigenvalue weighted by Gasteiger charge is -2.08. The van der Waals surface area contributed by atoms with E-state index in [1.807, 2.05) is 32.0 Å². The minimum Gasteiger partial charge on any atom is -0.392 e. The fourth-order valence-electron chi connectivity index (χ4n) is 1.45. The van der Waals surface area contributed by atoms with Crippen molar-refractivity contribution < 1.29 is 9.90 Å². The van der Waals surface area contributed by atoms with Gasteiger partial charge in [-0.3, -0.25) is 4.79 Å². The third-order valence-corrected chi connectivity index (χ3v) is 2.04. The van der Waals surface area contributed by atoms with Crippen LogP contribution in [0.15, 0.2) is 18.2 Å². The van der Waals surface area contributed by atoms with Gasteiger partial charge in [-0.25, -0.2) is 0 Å². The fraction of sp³-hybridized carbons (Fsp3) is 0.417. The smallest absolute Gasteiger partial charge is 0.251 e. The van der Waals surface area contributed by atoms with Crippen LogP contribution in [0, 0.1) is 13.8 Å². The molecule has 2 N–H and O–H groups in total. The van der Waals surface area contributed by atoms with Gasteiger partial charge in [0, 0.05) is 12.1 Å². The van der Waals surface area contributed by atoms with Crippen molar-refractivity contribution in [2.45, 2.75) is 26.9 Å². The molecule has 0 aliphatic carbocycles. The molecule has 1 amide bonds. The van der Waals surface area contributed by atoms with E-state index in [0.29, 0.717) is 5.56 Å². The first kappa shape index (κ1) is 11.7. The Bertz CT molecular complexity index is 338. The van der Waals surface area contributed by atoms with Crippen LogP contribution < -0.4 is 5.32 Å². The van der Waals surface area contributed by atoms with Crippen molar-refractivity contribution in [3.05, 3.63) is 34.9 Å². The zero-order chi connectivity index (χ0) is 11.4. The number of aliphatic hydroxyl groups excluding tert-OH is 1. The third-order valence-electron chi connectivity index (χ3n) is 2.04. The van der Waals surface area contributed by atoms with Crippen LogP contribution in [-0.4, -0.2) is 23.7 Å². The molecule has 0 heterocycles. The summed E-state index contributed by atoms with van der Waals surface area (Å²) < 4.78 is 0. The number of carbonyl (C=O) groups excluding carboxylic acids is 1. The predicted molar refractivity (Wildman–Crippen MR) is 59.9 cm³/mol. The van der Waals surface area contributed by atoms with Crippen molar-refractivity contribution in [1.82, 2.24) is 5.32 Å². The number of aryl methyl sites for hydroxylation is 2. The van der Waals surface area contributed by atoms with E-state index in [2.05, 4.69) is 5.32 Å². The highest BCUT2D eigenvalue weighted by molar-refractivity contribution is 5.94. The first-order chi connectivity index (χ1) is 6.99. The van der Waals surface area contributed by atoms with Crippen LogP contribution >= 0.6 is 0 Å². The molecule has 1 aromatic carbocycles. The lowest BCUT2D eigenvalue weighted by Crippen LogP contribution is -2.30. The molecule has 0 saturated carbocycles. The molecule has 82 valence electrons. The van der Waals surface area contributed by atoms with Gasteiger partial charge >= 0.3 is 0 Å². The molecule has 1 atom stereocenters. The summed E-state index contributed by atoms with van der Waals surface area (Å²) in [4.78, 5) is 11.6. The number of carbonyl (C=O) groups is 1. The quantitative estimate of drug-likeness (QED) is 0.787. The molecule has 1 aromatic rings. The highest BCUT2D eigenvalue weighted by atomic mass is 16.3. The molecular weight excluding hydrogens is 190 g/mol. The number of hydrogen-bond donors (Lipinski definition) is 2. The van der Waals surface area contributed by atoms with Crippen molar-refractivity contribution in [3.63, 3.8) is 0 Å². The topological polar surface area (TPSA) is 49.3 Å². The van der Waals surface area contributed by atoms with Crippen LogP contribution in [0.4, 0.5) is 0 Å². The summed E-state index contributed by atoms with van der Waals surface area (Å²) >= 11 is 0. The molecule has 0 unspecified atom stereocenters. The summed E-state index contributed by atoms with van der Waals surface area (Å²) in [5.74, 6) is -0.136. The Labute approximate surface area is 90.1 Å². The number of benzene rings is 1. The SMILES string of the molecule is Cc1cc(C)cc(C(=O)NC[C@@H](C)O)c1. The van der Waals surface area contributed by atoms with Gasteiger partial charge < -0.3 is 10.4 Å². The van der Waals surface area contributed by atoms with Crippen LogP contribution in [0.1, 0.15) is 28.4 Å².